The Morgan fingerprint density at radius 2 is 1.75 bits per heavy atom. The first-order chi connectivity index (χ1) is 7.81. The number of nitrogens with zero attached hydrogens (tertiary/aromatic N) is 1. The SMILES string of the molecule is Cc1ccc(CN2C[C@H]3COC[C@H]3C2)cc1. The molecule has 1 aromatic rings. The van der Waals surface area contributed by atoms with Gasteiger partial charge in [0.05, 0.1) is 13.2 Å². The molecule has 2 aliphatic heterocycles. The van der Waals surface area contributed by atoms with Gasteiger partial charge in [0.2, 0.25) is 0 Å². The van der Waals surface area contributed by atoms with Gasteiger partial charge in [0.25, 0.3) is 0 Å². The zero-order chi connectivity index (χ0) is 11.0. The van der Waals surface area contributed by atoms with Crippen LogP contribution in [0.3, 0.4) is 0 Å². The Balaban J connectivity index is 1.62. The highest BCUT2D eigenvalue weighted by atomic mass is 16.5. The molecule has 0 N–H and O–H groups in total. The van der Waals surface area contributed by atoms with Crippen molar-refractivity contribution in [3.8, 4) is 0 Å². The molecule has 0 aliphatic carbocycles. The third-order valence-corrected chi connectivity index (χ3v) is 3.84. The van der Waals surface area contributed by atoms with Gasteiger partial charge in [-0.3, -0.25) is 4.90 Å². The van der Waals surface area contributed by atoms with Crippen molar-refractivity contribution in [3.05, 3.63) is 35.4 Å². The van der Waals surface area contributed by atoms with Crippen molar-refractivity contribution in [2.75, 3.05) is 26.3 Å². The maximum absolute atomic E-state index is 5.50. The van der Waals surface area contributed by atoms with Crippen molar-refractivity contribution in [2.24, 2.45) is 11.8 Å². The third kappa shape index (κ3) is 2.00. The van der Waals surface area contributed by atoms with Gasteiger partial charge >= 0.3 is 0 Å². The van der Waals surface area contributed by atoms with E-state index in [9.17, 15) is 0 Å². The van der Waals surface area contributed by atoms with E-state index in [4.69, 9.17) is 4.74 Å². The molecule has 2 nitrogen and oxygen atoms in total. The number of benzene rings is 1. The van der Waals surface area contributed by atoms with Gasteiger partial charge in [-0.15, -0.1) is 0 Å². The second kappa shape index (κ2) is 4.19. The molecule has 86 valence electrons. The monoisotopic (exact) mass is 217 g/mol. The Morgan fingerprint density at radius 3 is 2.38 bits per heavy atom. The summed E-state index contributed by atoms with van der Waals surface area (Å²) in [5, 5.41) is 0. The Kier molecular flexibility index (Phi) is 2.70. The standard InChI is InChI=1S/C14H19NO/c1-11-2-4-12(5-3-11)6-15-7-13-9-16-10-14(13)8-15/h2-5,13-14H,6-10H2,1H3/t13-,14+. The molecule has 0 saturated carbocycles. The van der Waals surface area contributed by atoms with Crippen LogP contribution < -0.4 is 0 Å². The molecule has 2 aliphatic rings. The van der Waals surface area contributed by atoms with E-state index in [1.165, 1.54) is 24.2 Å². The Morgan fingerprint density at radius 1 is 1.12 bits per heavy atom. The maximum atomic E-state index is 5.50. The Hall–Kier alpha value is -0.860. The molecule has 0 unspecified atom stereocenters. The van der Waals surface area contributed by atoms with Gasteiger partial charge in [0.15, 0.2) is 0 Å². The fraction of sp³-hybridized carbons (Fsp3) is 0.571. The van der Waals surface area contributed by atoms with Crippen LogP contribution in [0.1, 0.15) is 11.1 Å². The maximum Gasteiger partial charge on any atom is 0.0510 e. The first kappa shape index (κ1) is 10.3. The molecule has 2 atom stereocenters. The highest BCUT2D eigenvalue weighted by Gasteiger charge is 2.36. The zero-order valence-electron chi connectivity index (χ0n) is 9.86. The van der Waals surface area contributed by atoms with Crippen LogP contribution in [-0.4, -0.2) is 31.2 Å². The lowest BCUT2D eigenvalue weighted by Crippen LogP contribution is -2.22. The molecule has 2 heteroatoms. The largest absolute Gasteiger partial charge is 0.381 e. The Labute approximate surface area is 97.2 Å². The summed E-state index contributed by atoms with van der Waals surface area (Å²) in [4.78, 5) is 2.57. The Bertz CT molecular complexity index is 348. The van der Waals surface area contributed by atoms with Crippen LogP contribution in [0.25, 0.3) is 0 Å². The lowest BCUT2D eigenvalue weighted by molar-refractivity contribution is 0.153. The van der Waals surface area contributed by atoms with Crippen molar-refractivity contribution in [2.45, 2.75) is 13.5 Å². The topological polar surface area (TPSA) is 12.5 Å². The number of likely N-dealkylation sites (tertiary alicyclic amines) is 1. The smallest absolute Gasteiger partial charge is 0.0510 e. The molecule has 2 heterocycles. The van der Waals surface area contributed by atoms with Crippen LogP contribution in [0.2, 0.25) is 0 Å². The highest BCUT2D eigenvalue weighted by molar-refractivity contribution is 5.21. The van der Waals surface area contributed by atoms with Crippen molar-refractivity contribution >= 4 is 0 Å². The van der Waals surface area contributed by atoms with E-state index in [0.717, 1.165) is 31.6 Å². The average Bonchev–Trinajstić information content (AvgIpc) is 2.81. The van der Waals surface area contributed by atoms with E-state index in [1.807, 2.05) is 0 Å². The minimum atomic E-state index is 0.797. The van der Waals surface area contributed by atoms with Crippen LogP contribution >= 0.6 is 0 Å². The molecule has 2 saturated heterocycles. The van der Waals surface area contributed by atoms with Gasteiger partial charge in [-0.05, 0) is 12.5 Å². The molecule has 0 bridgehead atoms. The van der Waals surface area contributed by atoms with Gasteiger partial charge in [-0.1, -0.05) is 29.8 Å². The summed E-state index contributed by atoms with van der Waals surface area (Å²) in [6, 6.07) is 8.91. The molecular weight excluding hydrogens is 198 g/mol. The highest BCUT2D eigenvalue weighted by Crippen LogP contribution is 2.29. The molecule has 0 aromatic heterocycles. The molecular formula is C14H19NO. The van der Waals surface area contributed by atoms with Crippen molar-refractivity contribution in [3.63, 3.8) is 0 Å². The van der Waals surface area contributed by atoms with Gasteiger partial charge in [-0.25, -0.2) is 0 Å². The second-order valence-electron chi connectivity index (χ2n) is 5.24. The number of ether oxygens (including phenoxy) is 1. The van der Waals surface area contributed by atoms with Crippen molar-refractivity contribution in [1.82, 2.24) is 4.90 Å². The summed E-state index contributed by atoms with van der Waals surface area (Å²) in [5.74, 6) is 1.59. The summed E-state index contributed by atoms with van der Waals surface area (Å²) in [6.07, 6.45) is 0. The molecule has 2 fully saturated rings. The van der Waals surface area contributed by atoms with E-state index < -0.39 is 0 Å². The first-order valence-corrected chi connectivity index (χ1v) is 6.17. The molecule has 0 amide bonds. The third-order valence-electron chi connectivity index (χ3n) is 3.84. The van der Waals surface area contributed by atoms with Crippen molar-refractivity contribution in [1.29, 1.82) is 0 Å². The van der Waals surface area contributed by atoms with Crippen LogP contribution in [0.5, 0.6) is 0 Å². The lowest BCUT2D eigenvalue weighted by Gasteiger charge is -2.16. The first-order valence-electron chi connectivity index (χ1n) is 6.17. The van der Waals surface area contributed by atoms with E-state index in [2.05, 4.69) is 36.1 Å². The van der Waals surface area contributed by atoms with Crippen LogP contribution in [0.15, 0.2) is 24.3 Å². The number of hydrogen-bond donors (Lipinski definition) is 0. The summed E-state index contributed by atoms with van der Waals surface area (Å²) in [5.41, 5.74) is 2.78. The summed E-state index contributed by atoms with van der Waals surface area (Å²) >= 11 is 0. The summed E-state index contributed by atoms with van der Waals surface area (Å²) in [6.45, 7) is 7.65. The number of fused-ring (bicyclic) bond motifs is 1. The summed E-state index contributed by atoms with van der Waals surface area (Å²) in [7, 11) is 0. The fourth-order valence-corrected chi connectivity index (χ4v) is 2.87. The lowest BCUT2D eigenvalue weighted by atomic mass is 10.0. The molecule has 3 rings (SSSR count). The minimum absolute atomic E-state index is 0.797. The van der Waals surface area contributed by atoms with E-state index in [0.29, 0.717) is 0 Å². The second-order valence-corrected chi connectivity index (χ2v) is 5.24. The van der Waals surface area contributed by atoms with Gasteiger partial charge in [0.1, 0.15) is 0 Å². The normalized spacial score (nSPS) is 29.6. The van der Waals surface area contributed by atoms with Gasteiger partial charge in [0, 0.05) is 31.5 Å². The predicted molar refractivity (Wildman–Crippen MR) is 64.3 cm³/mol. The summed E-state index contributed by atoms with van der Waals surface area (Å²) < 4.78 is 5.50. The number of rotatable bonds is 2. The van der Waals surface area contributed by atoms with Gasteiger partial charge in [-0.2, -0.15) is 0 Å². The molecule has 1 aromatic carbocycles. The van der Waals surface area contributed by atoms with E-state index >= 15 is 0 Å². The molecule has 0 spiro atoms. The molecule has 0 radical (unpaired) electrons. The van der Waals surface area contributed by atoms with Gasteiger partial charge < -0.3 is 4.74 Å². The number of hydrogen-bond acceptors (Lipinski definition) is 2. The van der Waals surface area contributed by atoms with Crippen LogP contribution in [0, 0.1) is 18.8 Å². The van der Waals surface area contributed by atoms with E-state index in [1.54, 1.807) is 0 Å². The zero-order valence-corrected chi connectivity index (χ0v) is 9.86. The predicted octanol–water partition coefficient (Wildman–Crippen LogP) is 2.07. The van der Waals surface area contributed by atoms with Crippen LogP contribution in [-0.2, 0) is 11.3 Å². The minimum Gasteiger partial charge on any atom is -0.381 e. The fourth-order valence-electron chi connectivity index (χ4n) is 2.87. The molecule has 16 heavy (non-hydrogen) atoms. The van der Waals surface area contributed by atoms with Crippen LogP contribution in [0.4, 0.5) is 0 Å². The quantitative estimate of drug-likeness (QED) is 0.752. The van der Waals surface area contributed by atoms with E-state index in [-0.39, 0.29) is 0 Å². The van der Waals surface area contributed by atoms with Crippen molar-refractivity contribution < 1.29 is 4.74 Å². The average molecular weight is 217 g/mol. The number of aryl methyl sites for hydroxylation is 1.